The van der Waals surface area contributed by atoms with Crippen molar-refractivity contribution in [1.82, 2.24) is 10.9 Å². The number of sulfonamides is 1. The van der Waals surface area contributed by atoms with Crippen LogP contribution in [0.3, 0.4) is 0 Å². The minimum atomic E-state index is -4.08. The summed E-state index contributed by atoms with van der Waals surface area (Å²) in [5.74, 6) is -1.37. The Labute approximate surface area is 197 Å². The van der Waals surface area contributed by atoms with E-state index in [4.69, 9.17) is 4.74 Å². The Morgan fingerprint density at radius 3 is 2.29 bits per heavy atom. The zero-order chi connectivity index (χ0) is 24.9. The second-order valence-corrected chi connectivity index (χ2v) is 9.19. The van der Waals surface area contributed by atoms with E-state index in [1.807, 2.05) is 26.0 Å². The molecule has 178 valence electrons. The molecule has 0 saturated heterocycles. The number of amides is 2. The maximum absolute atomic E-state index is 13.1. The Morgan fingerprint density at radius 2 is 1.59 bits per heavy atom. The van der Waals surface area contributed by atoms with Gasteiger partial charge in [-0.05, 0) is 74.4 Å². The van der Waals surface area contributed by atoms with E-state index in [2.05, 4.69) is 15.6 Å². The first-order chi connectivity index (χ1) is 16.1. The summed E-state index contributed by atoms with van der Waals surface area (Å²) in [5, 5.41) is 0. The van der Waals surface area contributed by atoms with Gasteiger partial charge in [0.1, 0.15) is 11.6 Å². The third kappa shape index (κ3) is 5.90. The first kappa shape index (κ1) is 24.7. The Balaban J connectivity index is 1.67. The predicted octanol–water partition coefficient (Wildman–Crippen LogP) is 3.47. The molecule has 10 heteroatoms. The zero-order valence-corrected chi connectivity index (χ0v) is 19.6. The van der Waals surface area contributed by atoms with Gasteiger partial charge in [-0.3, -0.25) is 25.2 Å². The molecule has 0 bridgehead atoms. The van der Waals surface area contributed by atoms with Crippen molar-refractivity contribution < 1.29 is 27.1 Å². The average Bonchev–Trinajstić information content (AvgIpc) is 2.80. The number of aryl methyl sites for hydroxylation is 1. The van der Waals surface area contributed by atoms with Gasteiger partial charge in [-0.2, -0.15) is 0 Å². The molecule has 3 N–H and O–H groups in total. The number of hydrazine groups is 1. The van der Waals surface area contributed by atoms with Gasteiger partial charge in [0, 0.05) is 0 Å². The molecule has 3 aromatic carbocycles. The highest BCUT2D eigenvalue weighted by atomic mass is 32.2. The molecule has 0 radical (unpaired) electrons. The molecule has 0 spiro atoms. The maximum atomic E-state index is 13.1. The van der Waals surface area contributed by atoms with Gasteiger partial charge >= 0.3 is 0 Å². The number of benzene rings is 3. The summed E-state index contributed by atoms with van der Waals surface area (Å²) in [6, 6.07) is 15.6. The van der Waals surface area contributed by atoms with Crippen molar-refractivity contribution in [3.05, 3.63) is 89.2 Å². The smallest absolute Gasteiger partial charge is 0.279 e. The van der Waals surface area contributed by atoms with Crippen molar-refractivity contribution in [2.75, 3.05) is 4.72 Å². The Hall–Kier alpha value is -3.92. The standard InChI is InChI=1S/C24H24FN3O5S/c1-15-7-6-10-22(16(15)2)33-17(3)23(29)26-27-24(30)20-8-4-5-9-21(20)28-34(31,32)19-13-11-18(25)12-14-19/h4-14,17,28H,1-3H3,(H,26,29)(H,27,30). The van der Waals surface area contributed by atoms with Crippen LogP contribution in [0.25, 0.3) is 0 Å². The number of halogens is 1. The molecule has 0 aromatic heterocycles. The van der Waals surface area contributed by atoms with E-state index in [0.717, 1.165) is 35.4 Å². The largest absolute Gasteiger partial charge is 0.481 e. The number of ether oxygens (including phenoxy) is 1. The average molecular weight is 486 g/mol. The van der Waals surface area contributed by atoms with Crippen molar-refractivity contribution in [2.24, 2.45) is 0 Å². The Bertz CT molecular complexity index is 1310. The summed E-state index contributed by atoms with van der Waals surface area (Å²) in [4.78, 5) is 24.9. The van der Waals surface area contributed by atoms with Crippen molar-refractivity contribution in [3.63, 3.8) is 0 Å². The van der Waals surface area contributed by atoms with E-state index >= 15 is 0 Å². The number of carbonyl (C=O) groups excluding carboxylic acids is 2. The molecular weight excluding hydrogens is 461 g/mol. The second-order valence-electron chi connectivity index (χ2n) is 7.51. The van der Waals surface area contributed by atoms with Gasteiger partial charge < -0.3 is 4.74 Å². The highest BCUT2D eigenvalue weighted by molar-refractivity contribution is 7.92. The summed E-state index contributed by atoms with van der Waals surface area (Å²) in [7, 11) is -4.08. The topological polar surface area (TPSA) is 114 Å². The summed E-state index contributed by atoms with van der Waals surface area (Å²) >= 11 is 0. The van der Waals surface area contributed by atoms with Crippen LogP contribution in [0.5, 0.6) is 5.75 Å². The third-order valence-corrected chi connectivity index (χ3v) is 6.45. The fourth-order valence-electron chi connectivity index (χ4n) is 2.97. The predicted molar refractivity (Wildman–Crippen MR) is 125 cm³/mol. The van der Waals surface area contributed by atoms with E-state index in [-0.39, 0.29) is 16.1 Å². The van der Waals surface area contributed by atoms with E-state index in [1.165, 1.54) is 25.1 Å². The highest BCUT2D eigenvalue weighted by Gasteiger charge is 2.21. The fraction of sp³-hybridized carbons (Fsp3) is 0.167. The number of rotatable bonds is 7. The van der Waals surface area contributed by atoms with Crippen LogP contribution in [0.1, 0.15) is 28.4 Å². The monoisotopic (exact) mass is 485 g/mol. The van der Waals surface area contributed by atoms with Crippen LogP contribution in [0.4, 0.5) is 10.1 Å². The van der Waals surface area contributed by atoms with Gasteiger partial charge in [0.25, 0.3) is 21.8 Å². The summed E-state index contributed by atoms with van der Waals surface area (Å²) in [6.07, 6.45) is -0.909. The number of anilines is 1. The maximum Gasteiger partial charge on any atom is 0.279 e. The zero-order valence-electron chi connectivity index (χ0n) is 18.8. The van der Waals surface area contributed by atoms with Gasteiger partial charge in [-0.25, -0.2) is 12.8 Å². The van der Waals surface area contributed by atoms with E-state index in [0.29, 0.717) is 5.75 Å². The molecule has 34 heavy (non-hydrogen) atoms. The number of nitrogens with one attached hydrogen (secondary N) is 3. The van der Waals surface area contributed by atoms with Crippen LogP contribution in [0, 0.1) is 19.7 Å². The third-order valence-electron chi connectivity index (χ3n) is 5.07. The quantitative estimate of drug-likeness (QED) is 0.444. The highest BCUT2D eigenvalue weighted by Crippen LogP contribution is 2.22. The molecule has 3 aromatic rings. The molecule has 0 aliphatic rings. The van der Waals surface area contributed by atoms with Crippen LogP contribution in [-0.2, 0) is 14.8 Å². The molecule has 1 atom stereocenters. The van der Waals surface area contributed by atoms with Crippen LogP contribution < -0.4 is 20.3 Å². The van der Waals surface area contributed by atoms with Crippen molar-refractivity contribution in [2.45, 2.75) is 31.8 Å². The lowest BCUT2D eigenvalue weighted by atomic mass is 10.1. The molecule has 0 heterocycles. The minimum Gasteiger partial charge on any atom is -0.481 e. The van der Waals surface area contributed by atoms with Crippen LogP contribution in [-0.4, -0.2) is 26.3 Å². The van der Waals surface area contributed by atoms with Crippen LogP contribution in [0.15, 0.2) is 71.6 Å². The lowest BCUT2D eigenvalue weighted by molar-refractivity contribution is -0.128. The number of hydrogen-bond acceptors (Lipinski definition) is 5. The van der Waals surface area contributed by atoms with Crippen LogP contribution in [0.2, 0.25) is 0 Å². The lowest BCUT2D eigenvalue weighted by Crippen LogP contribution is -2.47. The van der Waals surface area contributed by atoms with Gasteiger partial charge in [0.15, 0.2) is 6.10 Å². The Kier molecular flexibility index (Phi) is 7.52. The first-order valence-electron chi connectivity index (χ1n) is 10.3. The number of hydrogen-bond donors (Lipinski definition) is 3. The van der Waals surface area contributed by atoms with E-state index in [9.17, 15) is 22.4 Å². The number of para-hydroxylation sites is 1. The van der Waals surface area contributed by atoms with Gasteiger partial charge in [0.05, 0.1) is 16.1 Å². The normalized spacial score (nSPS) is 11.9. The molecule has 1 unspecified atom stereocenters. The molecular formula is C24H24FN3O5S. The Morgan fingerprint density at radius 1 is 0.912 bits per heavy atom. The molecule has 3 rings (SSSR count). The van der Waals surface area contributed by atoms with Gasteiger partial charge in [-0.1, -0.05) is 24.3 Å². The fourth-order valence-corrected chi connectivity index (χ4v) is 4.05. The first-order valence-corrected chi connectivity index (χ1v) is 11.8. The summed E-state index contributed by atoms with van der Waals surface area (Å²) in [5.41, 5.74) is 6.41. The molecule has 0 saturated carbocycles. The van der Waals surface area contributed by atoms with Crippen molar-refractivity contribution in [1.29, 1.82) is 0 Å². The molecule has 8 nitrogen and oxygen atoms in total. The molecule has 0 aliphatic carbocycles. The second kappa shape index (κ2) is 10.3. The minimum absolute atomic E-state index is 0.0155. The van der Waals surface area contributed by atoms with Crippen molar-refractivity contribution in [3.8, 4) is 5.75 Å². The molecule has 2 amide bonds. The SMILES string of the molecule is Cc1cccc(OC(C)C(=O)NNC(=O)c2ccccc2NS(=O)(=O)c2ccc(F)cc2)c1C. The van der Waals surface area contributed by atoms with E-state index < -0.39 is 33.8 Å². The lowest BCUT2D eigenvalue weighted by Gasteiger charge is -2.18. The summed E-state index contributed by atoms with van der Waals surface area (Å²) < 4.78 is 46.4. The van der Waals surface area contributed by atoms with Crippen LogP contribution >= 0.6 is 0 Å². The molecule has 0 aliphatic heterocycles. The van der Waals surface area contributed by atoms with Crippen molar-refractivity contribution >= 4 is 27.5 Å². The number of carbonyl (C=O) groups is 2. The molecule has 0 fully saturated rings. The van der Waals surface area contributed by atoms with Gasteiger partial charge in [0.2, 0.25) is 0 Å². The van der Waals surface area contributed by atoms with Gasteiger partial charge in [-0.15, -0.1) is 0 Å². The summed E-state index contributed by atoms with van der Waals surface area (Å²) in [6.45, 7) is 5.34. The van der Waals surface area contributed by atoms with E-state index in [1.54, 1.807) is 12.1 Å².